The highest BCUT2D eigenvalue weighted by Crippen LogP contribution is 2.02. The van der Waals surface area contributed by atoms with Crippen LogP contribution in [0.15, 0.2) is 12.5 Å². The molecule has 0 atom stereocenters. The summed E-state index contributed by atoms with van der Waals surface area (Å²) in [5, 5.41) is 8.98. The maximum Gasteiger partial charge on any atom is 0.0948 e. The van der Waals surface area contributed by atoms with Gasteiger partial charge in [-0.3, -0.25) is 0 Å². The predicted molar refractivity (Wildman–Crippen MR) is 55.9 cm³/mol. The van der Waals surface area contributed by atoms with E-state index in [9.17, 15) is 0 Å². The summed E-state index contributed by atoms with van der Waals surface area (Å²) in [6.45, 7) is 2.14. The number of aliphatic hydroxyl groups is 1. The van der Waals surface area contributed by atoms with Gasteiger partial charge in [-0.1, -0.05) is 0 Å². The number of rotatable bonds is 6. The Morgan fingerprint density at radius 1 is 1.43 bits per heavy atom. The van der Waals surface area contributed by atoms with Gasteiger partial charge in [0.1, 0.15) is 0 Å². The van der Waals surface area contributed by atoms with Crippen molar-refractivity contribution in [1.82, 2.24) is 14.5 Å². The van der Waals surface area contributed by atoms with Crippen LogP contribution in [0.2, 0.25) is 0 Å². The summed E-state index contributed by atoms with van der Waals surface area (Å²) in [4.78, 5) is 6.18. The number of nitrogens with zero attached hydrogens (tertiary/aromatic N) is 3. The van der Waals surface area contributed by atoms with Gasteiger partial charge in [-0.25, -0.2) is 4.98 Å². The Morgan fingerprint density at radius 3 is 2.86 bits per heavy atom. The van der Waals surface area contributed by atoms with Crippen LogP contribution in [0.4, 0.5) is 0 Å². The van der Waals surface area contributed by atoms with Gasteiger partial charge in [-0.2, -0.15) is 0 Å². The van der Waals surface area contributed by atoms with E-state index in [2.05, 4.69) is 24.0 Å². The van der Waals surface area contributed by atoms with Crippen LogP contribution in [0.25, 0.3) is 0 Å². The van der Waals surface area contributed by atoms with Gasteiger partial charge in [0.2, 0.25) is 0 Å². The summed E-state index contributed by atoms with van der Waals surface area (Å²) in [5.41, 5.74) is 0.898. The van der Waals surface area contributed by atoms with Crippen LogP contribution >= 0.6 is 0 Å². The SMILES string of the molecule is CN(C)CCCCn1cncc1CO. The fraction of sp³-hybridized carbons (Fsp3) is 0.700. The minimum Gasteiger partial charge on any atom is -0.390 e. The first-order chi connectivity index (χ1) is 6.74. The van der Waals surface area contributed by atoms with E-state index < -0.39 is 0 Å². The molecule has 80 valence electrons. The van der Waals surface area contributed by atoms with E-state index in [0.29, 0.717) is 0 Å². The average molecular weight is 197 g/mol. The summed E-state index contributed by atoms with van der Waals surface area (Å²) < 4.78 is 2.01. The van der Waals surface area contributed by atoms with Crippen molar-refractivity contribution in [3.8, 4) is 0 Å². The second-order valence-corrected chi connectivity index (χ2v) is 3.75. The van der Waals surface area contributed by atoms with Crippen LogP contribution in [0.1, 0.15) is 18.5 Å². The Hall–Kier alpha value is -0.870. The molecule has 0 aromatic carbocycles. The Kier molecular flexibility index (Phi) is 4.62. The molecule has 0 spiro atoms. The van der Waals surface area contributed by atoms with E-state index in [1.54, 1.807) is 12.5 Å². The predicted octanol–water partition coefficient (Wildman–Crippen LogP) is 0.717. The Labute approximate surface area is 85.2 Å². The average Bonchev–Trinajstić information content (AvgIpc) is 2.59. The van der Waals surface area contributed by atoms with Crippen molar-refractivity contribution in [3.05, 3.63) is 18.2 Å². The molecular weight excluding hydrogens is 178 g/mol. The van der Waals surface area contributed by atoms with Crippen molar-refractivity contribution in [2.45, 2.75) is 26.0 Å². The molecule has 1 aromatic heterocycles. The van der Waals surface area contributed by atoms with E-state index in [4.69, 9.17) is 5.11 Å². The lowest BCUT2D eigenvalue weighted by atomic mass is 10.3. The first-order valence-corrected chi connectivity index (χ1v) is 4.98. The third kappa shape index (κ3) is 3.47. The number of imidazole rings is 1. The molecule has 0 radical (unpaired) electrons. The highest BCUT2D eigenvalue weighted by molar-refractivity contribution is 4.95. The molecule has 4 nitrogen and oxygen atoms in total. The lowest BCUT2D eigenvalue weighted by molar-refractivity contribution is 0.269. The van der Waals surface area contributed by atoms with Crippen LogP contribution in [0, 0.1) is 0 Å². The van der Waals surface area contributed by atoms with Gasteiger partial charge in [0.05, 0.1) is 24.8 Å². The van der Waals surface area contributed by atoms with E-state index in [1.165, 1.54) is 6.42 Å². The van der Waals surface area contributed by atoms with Gasteiger partial charge in [0.25, 0.3) is 0 Å². The van der Waals surface area contributed by atoms with E-state index in [-0.39, 0.29) is 6.61 Å². The van der Waals surface area contributed by atoms with Crippen molar-refractivity contribution >= 4 is 0 Å². The zero-order valence-electron chi connectivity index (χ0n) is 8.98. The lowest BCUT2D eigenvalue weighted by Gasteiger charge is -2.10. The standard InChI is InChI=1S/C10H19N3O/c1-12(2)5-3-4-6-13-9-11-7-10(13)8-14/h7,9,14H,3-6,8H2,1-2H3. The number of hydrogen-bond acceptors (Lipinski definition) is 3. The van der Waals surface area contributed by atoms with Gasteiger partial charge in [-0.15, -0.1) is 0 Å². The number of aliphatic hydroxyl groups excluding tert-OH is 1. The molecule has 1 heterocycles. The van der Waals surface area contributed by atoms with Crippen LogP contribution in [-0.2, 0) is 13.2 Å². The highest BCUT2D eigenvalue weighted by atomic mass is 16.3. The Bertz CT molecular complexity index is 258. The number of hydrogen-bond donors (Lipinski definition) is 1. The molecule has 1 rings (SSSR count). The first-order valence-electron chi connectivity index (χ1n) is 4.98. The molecule has 0 unspecified atom stereocenters. The molecule has 0 bridgehead atoms. The van der Waals surface area contributed by atoms with Gasteiger partial charge < -0.3 is 14.6 Å². The topological polar surface area (TPSA) is 41.3 Å². The van der Waals surface area contributed by atoms with Crippen molar-refractivity contribution in [2.75, 3.05) is 20.6 Å². The molecule has 0 fully saturated rings. The number of unbranched alkanes of at least 4 members (excludes halogenated alkanes) is 1. The second-order valence-electron chi connectivity index (χ2n) is 3.75. The molecule has 0 amide bonds. The molecule has 4 heteroatoms. The molecule has 1 N–H and O–H groups in total. The normalized spacial score (nSPS) is 11.1. The minimum absolute atomic E-state index is 0.0771. The molecule has 0 aliphatic rings. The molecule has 14 heavy (non-hydrogen) atoms. The second kappa shape index (κ2) is 5.78. The van der Waals surface area contributed by atoms with Gasteiger partial charge >= 0.3 is 0 Å². The van der Waals surface area contributed by atoms with Gasteiger partial charge in [0, 0.05) is 6.54 Å². The number of aromatic nitrogens is 2. The van der Waals surface area contributed by atoms with Crippen LogP contribution < -0.4 is 0 Å². The maximum absolute atomic E-state index is 8.98. The van der Waals surface area contributed by atoms with E-state index in [0.717, 1.165) is 25.2 Å². The van der Waals surface area contributed by atoms with Crippen molar-refractivity contribution < 1.29 is 5.11 Å². The lowest BCUT2D eigenvalue weighted by Crippen LogP contribution is -2.13. The molecule has 0 aliphatic heterocycles. The summed E-state index contributed by atoms with van der Waals surface area (Å²) >= 11 is 0. The third-order valence-electron chi connectivity index (χ3n) is 2.21. The van der Waals surface area contributed by atoms with Gasteiger partial charge in [-0.05, 0) is 33.5 Å². The molecular formula is C10H19N3O. The van der Waals surface area contributed by atoms with E-state index >= 15 is 0 Å². The molecule has 0 aliphatic carbocycles. The summed E-state index contributed by atoms with van der Waals surface area (Å²) in [6, 6.07) is 0. The third-order valence-corrected chi connectivity index (χ3v) is 2.21. The quantitative estimate of drug-likeness (QED) is 0.683. The first kappa shape index (κ1) is 11.2. The van der Waals surface area contributed by atoms with Crippen molar-refractivity contribution in [2.24, 2.45) is 0 Å². The zero-order valence-corrected chi connectivity index (χ0v) is 8.98. The summed E-state index contributed by atoms with van der Waals surface area (Å²) in [6.07, 6.45) is 5.80. The smallest absolute Gasteiger partial charge is 0.0948 e. The summed E-state index contributed by atoms with van der Waals surface area (Å²) in [7, 11) is 4.16. The summed E-state index contributed by atoms with van der Waals surface area (Å²) in [5.74, 6) is 0. The van der Waals surface area contributed by atoms with E-state index in [1.807, 2.05) is 4.57 Å². The largest absolute Gasteiger partial charge is 0.390 e. The van der Waals surface area contributed by atoms with Crippen molar-refractivity contribution in [3.63, 3.8) is 0 Å². The monoisotopic (exact) mass is 197 g/mol. The maximum atomic E-state index is 8.98. The zero-order chi connectivity index (χ0) is 10.4. The van der Waals surface area contributed by atoms with Crippen molar-refractivity contribution in [1.29, 1.82) is 0 Å². The number of aryl methyl sites for hydroxylation is 1. The van der Waals surface area contributed by atoms with Gasteiger partial charge in [0.15, 0.2) is 0 Å². The molecule has 0 saturated carbocycles. The molecule has 1 aromatic rings. The minimum atomic E-state index is 0.0771. The Balaban J connectivity index is 2.24. The highest BCUT2D eigenvalue weighted by Gasteiger charge is 1.99. The fourth-order valence-electron chi connectivity index (χ4n) is 1.39. The Morgan fingerprint density at radius 2 is 2.21 bits per heavy atom. The van der Waals surface area contributed by atoms with Crippen LogP contribution in [0.3, 0.4) is 0 Å². The van der Waals surface area contributed by atoms with Crippen LogP contribution in [-0.4, -0.2) is 40.2 Å². The fourth-order valence-corrected chi connectivity index (χ4v) is 1.39. The molecule has 0 saturated heterocycles. The van der Waals surface area contributed by atoms with Crippen LogP contribution in [0.5, 0.6) is 0 Å².